The summed E-state index contributed by atoms with van der Waals surface area (Å²) < 4.78 is 0. The highest BCUT2D eigenvalue weighted by Gasteiger charge is 2.26. The van der Waals surface area contributed by atoms with E-state index in [0.29, 0.717) is 6.54 Å². The van der Waals surface area contributed by atoms with Crippen LogP contribution in [0.5, 0.6) is 0 Å². The Balaban J connectivity index is 2.38. The Morgan fingerprint density at radius 1 is 0.760 bits per heavy atom. The van der Waals surface area contributed by atoms with Crippen molar-refractivity contribution in [3.05, 3.63) is 91.0 Å². The lowest BCUT2D eigenvalue weighted by molar-refractivity contribution is -0.114. The van der Waals surface area contributed by atoms with Crippen LogP contribution in [0.2, 0.25) is 0 Å². The average Bonchev–Trinajstić information content (AvgIpc) is 2.68. The van der Waals surface area contributed by atoms with E-state index in [1.807, 2.05) is 67.3 Å². The summed E-state index contributed by atoms with van der Waals surface area (Å²) in [6, 6.07) is 31.1. The van der Waals surface area contributed by atoms with Crippen molar-refractivity contribution in [3.8, 4) is 0 Å². The summed E-state index contributed by atoms with van der Waals surface area (Å²) in [4.78, 5) is 12.6. The van der Waals surface area contributed by atoms with Crippen LogP contribution in [0.15, 0.2) is 91.0 Å². The molecule has 0 unspecified atom stereocenters. The highest BCUT2D eigenvalue weighted by Crippen LogP contribution is 2.43. The van der Waals surface area contributed by atoms with Crippen molar-refractivity contribution in [2.75, 3.05) is 6.54 Å². The zero-order chi connectivity index (χ0) is 17.5. The summed E-state index contributed by atoms with van der Waals surface area (Å²) in [7, 11) is 0. The minimum Gasteiger partial charge on any atom is -0.353 e. The predicted molar refractivity (Wildman–Crippen MR) is 110 cm³/mol. The molecule has 126 valence electrons. The average molecular weight is 347 g/mol. The fourth-order valence-electron chi connectivity index (χ4n) is 3.06. The van der Waals surface area contributed by atoms with Gasteiger partial charge in [0.2, 0.25) is 5.91 Å². The largest absolute Gasteiger partial charge is 0.353 e. The molecule has 0 fully saturated rings. The molecule has 0 aliphatic carbocycles. The Morgan fingerprint density at radius 2 is 1.12 bits per heavy atom. The summed E-state index contributed by atoms with van der Waals surface area (Å²) in [5.41, 5.74) is 0. The lowest BCUT2D eigenvalue weighted by atomic mass is 10.4. The van der Waals surface area contributed by atoms with Crippen molar-refractivity contribution < 1.29 is 4.79 Å². The molecule has 2 nitrogen and oxygen atoms in total. The summed E-state index contributed by atoms with van der Waals surface area (Å²) >= 11 is 0. The summed E-state index contributed by atoms with van der Waals surface area (Å²) in [6.07, 6.45) is 0. The highest BCUT2D eigenvalue weighted by molar-refractivity contribution is 7.95. The Hall–Kier alpha value is -2.57. The number of carbonyl (C=O) groups excluding carboxylic acids is 1. The van der Waals surface area contributed by atoms with E-state index in [9.17, 15) is 4.79 Å². The quantitative estimate of drug-likeness (QED) is 0.707. The first-order valence-corrected chi connectivity index (χ1v) is 10.3. The molecule has 25 heavy (non-hydrogen) atoms. The Kier molecular flexibility index (Phi) is 5.53. The number of rotatable bonds is 5. The Morgan fingerprint density at radius 3 is 1.44 bits per heavy atom. The lowest BCUT2D eigenvalue weighted by Gasteiger charge is -2.28. The van der Waals surface area contributed by atoms with Crippen molar-refractivity contribution in [2.24, 2.45) is 0 Å². The molecule has 3 rings (SSSR count). The normalized spacial score (nSPS) is 10.9. The van der Waals surface area contributed by atoms with Gasteiger partial charge >= 0.3 is 0 Å². The Labute approximate surface area is 149 Å². The van der Waals surface area contributed by atoms with Gasteiger partial charge < -0.3 is 5.32 Å². The number of carbonyl (C=O) groups is 1. The second-order valence-corrected chi connectivity index (χ2v) is 9.01. The first-order chi connectivity index (χ1) is 12.3. The van der Waals surface area contributed by atoms with Crippen LogP contribution in [0.3, 0.4) is 0 Å². The number of amides is 1. The van der Waals surface area contributed by atoms with E-state index in [4.69, 9.17) is 0 Å². The van der Waals surface area contributed by atoms with E-state index in [1.54, 1.807) is 0 Å². The van der Waals surface area contributed by atoms with Gasteiger partial charge in [-0.25, -0.2) is 0 Å². The zero-order valence-corrected chi connectivity index (χ0v) is 15.2. The second kappa shape index (κ2) is 8.00. The first kappa shape index (κ1) is 17.3. The van der Waals surface area contributed by atoms with Gasteiger partial charge in [0.25, 0.3) is 0 Å². The maximum absolute atomic E-state index is 12.6. The highest BCUT2D eigenvalue weighted by atomic mass is 31.2. The van der Waals surface area contributed by atoms with Crippen LogP contribution < -0.4 is 21.2 Å². The predicted octanol–water partition coefficient (Wildman–Crippen LogP) is 2.92. The summed E-state index contributed by atoms with van der Waals surface area (Å²) in [6.45, 7) is 0.386. The van der Waals surface area contributed by atoms with Gasteiger partial charge in [0.1, 0.15) is 0 Å². The SMILES string of the molecule is CCNC(=O)C=P(c1ccccc1)(c1ccccc1)c1ccccc1. The molecule has 1 N–H and O–H groups in total. The standard InChI is InChI=1S/C22H22NOP/c1-2-23-22(24)18-25(19-12-6-3-7-13-19,20-14-8-4-9-15-20)21-16-10-5-11-17-21/h3-18H,2H2,1H3,(H,23,24). The number of hydrogen-bond donors (Lipinski definition) is 1. The molecule has 0 heterocycles. The molecule has 0 atom stereocenters. The van der Waals surface area contributed by atoms with Crippen molar-refractivity contribution in [3.63, 3.8) is 0 Å². The summed E-state index contributed by atoms with van der Waals surface area (Å²) in [5, 5.41) is 6.48. The molecule has 0 aliphatic rings. The van der Waals surface area contributed by atoms with Gasteiger partial charge in [-0.1, -0.05) is 91.0 Å². The third-order valence-electron chi connectivity index (χ3n) is 4.15. The van der Waals surface area contributed by atoms with E-state index in [2.05, 4.69) is 41.7 Å². The molecule has 3 heteroatoms. The van der Waals surface area contributed by atoms with Crippen molar-refractivity contribution in [2.45, 2.75) is 6.92 Å². The van der Waals surface area contributed by atoms with E-state index in [0.717, 1.165) is 0 Å². The van der Waals surface area contributed by atoms with Gasteiger partial charge in [-0.05, 0) is 29.7 Å². The van der Waals surface area contributed by atoms with Gasteiger partial charge in [0.05, 0.1) is 0 Å². The number of nitrogens with one attached hydrogen (secondary N) is 1. The van der Waals surface area contributed by atoms with Crippen LogP contribution in [0.4, 0.5) is 0 Å². The molecular weight excluding hydrogens is 325 g/mol. The fourth-order valence-corrected chi connectivity index (χ4v) is 6.77. The maximum atomic E-state index is 12.6. The fraction of sp³-hybridized carbons (Fsp3) is 0.0909. The van der Waals surface area contributed by atoms with Gasteiger partial charge in [-0.3, -0.25) is 4.79 Å². The molecule has 0 spiro atoms. The van der Waals surface area contributed by atoms with Crippen LogP contribution in [-0.4, -0.2) is 18.2 Å². The molecule has 3 aromatic rings. The van der Waals surface area contributed by atoms with Gasteiger partial charge in [0.15, 0.2) is 0 Å². The topological polar surface area (TPSA) is 29.1 Å². The Bertz CT molecular complexity index is 770. The molecule has 1 amide bonds. The zero-order valence-electron chi connectivity index (χ0n) is 14.3. The molecule has 3 aromatic carbocycles. The van der Waals surface area contributed by atoms with Crippen LogP contribution in [0.1, 0.15) is 6.92 Å². The van der Waals surface area contributed by atoms with E-state index in [-0.39, 0.29) is 5.91 Å². The number of hydrogen-bond acceptors (Lipinski definition) is 1. The third-order valence-corrected chi connectivity index (χ3v) is 8.11. The van der Waals surface area contributed by atoms with E-state index in [1.165, 1.54) is 15.9 Å². The van der Waals surface area contributed by atoms with E-state index >= 15 is 0 Å². The van der Waals surface area contributed by atoms with Crippen molar-refractivity contribution >= 4 is 34.5 Å². The minimum atomic E-state index is -2.18. The molecule has 0 bridgehead atoms. The molecule has 0 radical (unpaired) electrons. The van der Waals surface area contributed by atoms with Gasteiger partial charge in [-0.15, -0.1) is 0 Å². The van der Waals surface area contributed by atoms with Gasteiger partial charge in [0, 0.05) is 12.3 Å². The third kappa shape index (κ3) is 3.60. The van der Waals surface area contributed by atoms with Crippen LogP contribution >= 0.6 is 6.89 Å². The molecule has 0 saturated carbocycles. The number of benzene rings is 3. The van der Waals surface area contributed by atoms with E-state index < -0.39 is 6.89 Å². The first-order valence-electron chi connectivity index (χ1n) is 8.46. The molecule has 0 aliphatic heterocycles. The van der Waals surface area contributed by atoms with Crippen LogP contribution in [0, 0.1) is 0 Å². The smallest absolute Gasteiger partial charge is 0.245 e. The van der Waals surface area contributed by atoms with Crippen LogP contribution in [-0.2, 0) is 4.79 Å². The lowest BCUT2D eigenvalue weighted by Crippen LogP contribution is -2.32. The second-order valence-electron chi connectivity index (χ2n) is 5.75. The summed E-state index contributed by atoms with van der Waals surface area (Å²) in [5.74, 6) is 1.89. The van der Waals surface area contributed by atoms with Crippen molar-refractivity contribution in [1.82, 2.24) is 5.32 Å². The van der Waals surface area contributed by atoms with Gasteiger partial charge in [-0.2, -0.15) is 0 Å². The maximum Gasteiger partial charge on any atom is 0.245 e. The van der Waals surface area contributed by atoms with Crippen molar-refractivity contribution in [1.29, 1.82) is 0 Å². The van der Waals surface area contributed by atoms with Crippen LogP contribution in [0.25, 0.3) is 0 Å². The molecular formula is C22H22NOP. The minimum absolute atomic E-state index is 0.0209. The monoisotopic (exact) mass is 347 g/mol. The molecule has 0 saturated heterocycles. The molecule has 0 aromatic heterocycles.